The van der Waals surface area contributed by atoms with Crippen LogP contribution in [0.2, 0.25) is 0 Å². The minimum Gasteiger partial charge on any atom is -0.317 e. The summed E-state index contributed by atoms with van der Waals surface area (Å²) in [4.78, 5) is 19.9. The molecule has 1 aliphatic rings. The smallest absolute Gasteiger partial charge is 0.279 e. The lowest BCUT2D eigenvalue weighted by Crippen LogP contribution is -2.21. The zero-order valence-electron chi connectivity index (χ0n) is 9.59. The van der Waals surface area contributed by atoms with Crippen LogP contribution < -0.4 is 5.32 Å². The van der Waals surface area contributed by atoms with E-state index in [0.717, 1.165) is 0 Å². The average Bonchev–Trinajstić information content (AvgIpc) is 2.41. The number of benzene rings is 1. The van der Waals surface area contributed by atoms with Gasteiger partial charge in [-0.3, -0.25) is 14.9 Å². The van der Waals surface area contributed by atoms with Crippen molar-refractivity contribution < 1.29 is 9.72 Å². The van der Waals surface area contributed by atoms with Gasteiger partial charge in [-0.15, -0.1) is 0 Å². The van der Waals surface area contributed by atoms with Gasteiger partial charge in [-0.25, -0.2) is 0 Å². The monoisotopic (exact) mass is 236 g/mol. The molecule has 0 unspecified atom stereocenters. The molecular formula is C12H16N2O3. The van der Waals surface area contributed by atoms with Crippen LogP contribution in [0.15, 0.2) is 24.3 Å². The van der Waals surface area contributed by atoms with E-state index in [0.29, 0.717) is 6.29 Å². The summed E-state index contributed by atoms with van der Waals surface area (Å²) in [6.07, 6.45) is 4.69. The van der Waals surface area contributed by atoms with E-state index in [-0.39, 0.29) is 11.3 Å². The van der Waals surface area contributed by atoms with E-state index in [1.165, 1.54) is 50.6 Å². The Morgan fingerprint density at radius 1 is 1.18 bits per heavy atom. The van der Waals surface area contributed by atoms with Gasteiger partial charge in [0.25, 0.3) is 5.69 Å². The number of hydrogen-bond acceptors (Lipinski definition) is 4. The van der Waals surface area contributed by atoms with E-state index >= 15 is 0 Å². The number of rotatable bonds is 2. The van der Waals surface area contributed by atoms with Gasteiger partial charge in [-0.05, 0) is 32.0 Å². The summed E-state index contributed by atoms with van der Waals surface area (Å²) < 4.78 is 0. The molecule has 2 rings (SSSR count). The van der Waals surface area contributed by atoms with Crippen LogP contribution in [0.1, 0.15) is 29.6 Å². The number of nitro benzene ring substituents is 1. The maximum Gasteiger partial charge on any atom is 0.279 e. The third-order valence-electron chi connectivity index (χ3n) is 2.47. The molecule has 0 spiro atoms. The molecular weight excluding hydrogens is 220 g/mol. The third kappa shape index (κ3) is 4.74. The number of piperidine rings is 1. The Kier molecular flexibility index (Phi) is 5.88. The Morgan fingerprint density at radius 2 is 1.82 bits per heavy atom. The summed E-state index contributed by atoms with van der Waals surface area (Å²) in [5, 5.41) is 13.5. The zero-order valence-corrected chi connectivity index (χ0v) is 9.59. The molecule has 0 radical (unpaired) electrons. The van der Waals surface area contributed by atoms with Crippen molar-refractivity contribution in [2.24, 2.45) is 0 Å². The van der Waals surface area contributed by atoms with Crippen molar-refractivity contribution in [3.05, 3.63) is 39.9 Å². The number of carbonyl (C=O) groups excluding carboxylic acids is 1. The fourth-order valence-corrected chi connectivity index (χ4v) is 1.56. The van der Waals surface area contributed by atoms with Gasteiger partial charge in [0.2, 0.25) is 0 Å². The van der Waals surface area contributed by atoms with Gasteiger partial charge < -0.3 is 5.32 Å². The number of aldehydes is 1. The number of carbonyl (C=O) groups is 1. The van der Waals surface area contributed by atoms with Crippen LogP contribution >= 0.6 is 0 Å². The minimum atomic E-state index is -0.580. The van der Waals surface area contributed by atoms with Gasteiger partial charge in [0, 0.05) is 6.07 Å². The molecule has 1 aliphatic heterocycles. The molecule has 92 valence electrons. The van der Waals surface area contributed by atoms with E-state index in [9.17, 15) is 14.9 Å². The topological polar surface area (TPSA) is 72.2 Å². The summed E-state index contributed by atoms with van der Waals surface area (Å²) in [6, 6.07) is 5.80. The van der Waals surface area contributed by atoms with Crippen LogP contribution in [-0.2, 0) is 0 Å². The molecule has 1 aromatic rings. The summed E-state index contributed by atoms with van der Waals surface area (Å²) in [6.45, 7) is 2.50. The summed E-state index contributed by atoms with van der Waals surface area (Å²) in [5.74, 6) is 0. The second-order valence-electron chi connectivity index (χ2n) is 3.74. The highest BCUT2D eigenvalue weighted by molar-refractivity contribution is 5.81. The van der Waals surface area contributed by atoms with E-state index in [1.807, 2.05) is 0 Å². The summed E-state index contributed by atoms with van der Waals surface area (Å²) >= 11 is 0. The van der Waals surface area contributed by atoms with E-state index in [2.05, 4.69) is 5.32 Å². The molecule has 1 heterocycles. The van der Waals surface area contributed by atoms with Crippen molar-refractivity contribution in [3.63, 3.8) is 0 Å². The molecule has 1 saturated heterocycles. The fourth-order valence-electron chi connectivity index (χ4n) is 1.56. The van der Waals surface area contributed by atoms with Crippen LogP contribution in [-0.4, -0.2) is 24.3 Å². The minimum absolute atomic E-state index is 0.109. The van der Waals surface area contributed by atoms with Gasteiger partial charge in [0.1, 0.15) is 0 Å². The lowest BCUT2D eigenvalue weighted by atomic mass is 10.2. The molecule has 1 fully saturated rings. The SMILES string of the molecule is C1CCNCC1.O=Cc1ccccc1[N+](=O)[O-]. The first-order valence-electron chi connectivity index (χ1n) is 5.65. The summed E-state index contributed by atoms with van der Waals surface area (Å²) in [7, 11) is 0. The molecule has 1 N–H and O–H groups in total. The number of nitrogens with one attached hydrogen (secondary N) is 1. The van der Waals surface area contributed by atoms with Crippen molar-refractivity contribution in [1.82, 2.24) is 5.32 Å². The Labute approximate surface area is 100.0 Å². The Hall–Kier alpha value is -1.75. The zero-order chi connectivity index (χ0) is 12.5. The molecule has 17 heavy (non-hydrogen) atoms. The first kappa shape index (κ1) is 13.3. The quantitative estimate of drug-likeness (QED) is 0.485. The molecule has 0 saturated carbocycles. The molecule has 5 nitrogen and oxygen atoms in total. The first-order valence-corrected chi connectivity index (χ1v) is 5.65. The number of nitro groups is 1. The highest BCUT2D eigenvalue weighted by atomic mass is 16.6. The highest BCUT2D eigenvalue weighted by Crippen LogP contribution is 2.14. The van der Waals surface area contributed by atoms with Crippen LogP contribution in [0.4, 0.5) is 5.69 Å². The predicted molar refractivity (Wildman–Crippen MR) is 65.2 cm³/mol. The van der Waals surface area contributed by atoms with E-state index in [1.54, 1.807) is 6.07 Å². The van der Waals surface area contributed by atoms with Crippen molar-refractivity contribution in [2.75, 3.05) is 13.1 Å². The van der Waals surface area contributed by atoms with Gasteiger partial charge in [0.05, 0.1) is 10.5 Å². The standard InChI is InChI=1S/C7H5NO3.C5H11N/c9-5-6-3-1-2-4-7(6)8(10)11;1-2-4-6-5-3-1/h1-5H;6H,1-5H2. The fraction of sp³-hybridized carbons (Fsp3) is 0.417. The van der Waals surface area contributed by atoms with Crippen molar-refractivity contribution >= 4 is 12.0 Å². The van der Waals surface area contributed by atoms with Gasteiger partial charge in [-0.2, -0.15) is 0 Å². The second kappa shape index (κ2) is 7.51. The van der Waals surface area contributed by atoms with Crippen molar-refractivity contribution in [3.8, 4) is 0 Å². The van der Waals surface area contributed by atoms with Crippen molar-refractivity contribution in [2.45, 2.75) is 19.3 Å². The van der Waals surface area contributed by atoms with Crippen LogP contribution in [0, 0.1) is 10.1 Å². The first-order chi connectivity index (χ1) is 8.25. The maximum atomic E-state index is 10.2. The number of hydrogen-bond donors (Lipinski definition) is 1. The summed E-state index contributed by atoms with van der Waals surface area (Å²) in [5.41, 5.74) is -0.0417. The molecule has 0 amide bonds. The Morgan fingerprint density at radius 3 is 2.18 bits per heavy atom. The molecule has 5 heteroatoms. The normalized spacial score (nSPS) is 14.4. The van der Waals surface area contributed by atoms with Crippen LogP contribution in [0.3, 0.4) is 0 Å². The van der Waals surface area contributed by atoms with Gasteiger partial charge >= 0.3 is 0 Å². The molecule has 0 bridgehead atoms. The maximum absolute atomic E-state index is 10.2. The molecule has 1 aromatic carbocycles. The largest absolute Gasteiger partial charge is 0.317 e. The lowest BCUT2D eigenvalue weighted by Gasteiger charge is -2.08. The van der Waals surface area contributed by atoms with Gasteiger partial charge in [0.15, 0.2) is 6.29 Å². The highest BCUT2D eigenvalue weighted by Gasteiger charge is 2.09. The van der Waals surface area contributed by atoms with E-state index in [4.69, 9.17) is 0 Å². The van der Waals surface area contributed by atoms with Gasteiger partial charge in [-0.1, -0.05) is 18.6 Å². The molecule has 0 atom stereocenters. The van der Waals surface area contributed by atoms with Crippen LogP contribution in [0.25, 0.3) is 0 Å². The molecule has 0 aromatic heterocycles. The Bertz CT molecular complexity index is 364. The third-order valence-corrected chi connectivity index (χ3v) is 2.47. The number of para-hydroxylation sites is 1. The average molecular weight is 236 g/mol. The lowest BCUT2D eigenvalue weighted by molar-refractivity contribution is -0.385. The van der Waals surface area contributed by atoms with Crippen LogP contribution in [0.5, 0.6) is 0 Å². The predicted octanol–water partition coefficient (Wildman–Crippen LogP) is 2.17. The second-order valence-corrected chi connectivity index (χ2v) is 3.74. The number of nitrogens with zero attached hydrogens (tertiary/aromatic N) is 1. The van der Waals surface area contributed by atoms with E-state index < -0.39 is 4.92 Å². The molecule has 0 aliphatic carbocycles. The Balaban J connectivity index is 0.000000202. The van der Waals surface area contributed by atoms with Crippen molar-refractivity contribution in [1.29, 1.82) is 0 Å².